The molecule has 0 bridgehead atoms. The molecule has 140 valence electrons. The Bertz CT molecular complexity index is 1270. The monoisotopic (exact) mass is 398 g/mol. The SMILES string of the molecule is C#CCOc1c(C=Nn2c(=O)[nH]c3ccccc3c2=O)cc(Cl)cc1[N+](=O)[O-]. The molecule has 0 radical (unpaired) electrons. The number of nitrogens with zero attached hydrogens (tertiary/aromatic N) is 3. The molecule has 28 heavy (non-hydrogen) atoms. The van der Waals surface area contributed by atoms with Crippen molar-refractivity contribution in [2.75, 3.05) is 6.61 Å². The lowest BCUT2D eigenvalue weighted by Crippen LogP contribution is -2.32. The van der Waals surface area contributed by atoms with Crippen LogP contribution in [0.3, 0.4) is 0 Å². The molecule has 0 fully saturated rings. The standard InChI is InChI=1S/C18H11ClN4O5/c1-2-7-28-16-11(8-12(19)9-15(16)23(26)27)10-20-22-17(24)13-5-3-4-6-14(13)21-18(22)25/h1,3-6,8-10H,7H2,(H,21,25). The zero-order chi connectivity index (χ0) is 20.3. The minimum atomic E-state index is -0.775. The topological polar surface area (TPSA) is 120 Å². The summed E-state index contributed by atoms with van der Waals surface area (Å²) in [4.78, 5) is 37.8. The highest BCUT2D eigenvalue weighted by Crippen LogP contribution is 2.33. The maximum Gasteiger partial charge on any atom is 0.349 e. The van der Waals surface area contributed by atoms with Crippen LogP contribution < -0.4 is 16.0 Å². The lowest BCUT2D eigenvalue weighted by Gasteiger charge is -2.08. The molecule has 0 atom stereocenters. The van der Waals surface area contributed by atoms with Crippen molar-refractivity contribution >= 4 is 34.4 Å². The Labute approximate surface area is 162 Å². The van der Waals surface area contributed by atoms with E-state index in [1.165, 1.54) is 12.1 Å². The highest BCUT2D eigenvalue weighted by atomic mass is 35.5. The van der Waals surface area contributed by atoms with Crippen LogP contribution in [0.1, 0.15) is 5.56 Å². The number of ether oxygens (including phenoxy) is 1. The van der Waals surface area contributed by atoms with Gasteiger partial charge in [-0.3, -0.25) is 14.9 Å². The number of halogens is 1. The van der Waals surface area contributed by atoms with Crippen LogP contribution in [-0.2, 0) is 0 Å². The molecule has 0 saturated heterocycles. The Hall–Kier alpha value is -3.90. The molecule has 10 heteroatoms. The zero-order valence-electron chi connectivity index (χ0n) is 14.1. The van der Waals surface area contributed by atoms with Crippen LogP contribution in [0, 0.1) is 22.5 Å². The molecule has 2 aromatic carbocycles. The lowest BCUT2D eigenvalue weighted by atomic mass is 10.2. The van der Waals surface area contributed by atoms with Crippen LogP contribution in [0.15, 0.2) is 51.1 Å². The summed E-state index contributed by atoms with van der Waals surface area (Å²) >= 11 is 5.92. The molecular formula is C18H11ClN4O5. The van der Waals surface area contributed by atoms with Crippen molar-refractivity contribution in [3.63, 3.8) is 0 Å². The second kappa shape index (κ2) is 7.77. The van der Waals surface area contributed by atoms with Crippen molar-refractivity contribution in [3.05, 3.63) is 77.9 Å². The van der Waals surface area contributed by atoms with Gasteiger partial charge in [-0.25, -0.2) is 4.79 Å². The van der Waals surface area contributed by atoms with Gasteiger partial charge in [0.25, 0.3) is 5.56 Å². The number of H-pyrrole nitrogens is 1. The highest BCUT2D eigenvalue weighted by Gasteiger charge is 2.20. The number of nitrogens with one attached hydrogen (secondary N) is 1. The molecule has 0 spiro atoms. The Morgan fingerprint density at radius 2 is 2.11 bits per heavy atom. The first kappa shape index (κ1) is 18.9. The van der Waals surface area contributed by atoms with Gasteiger partial charge >= 0.3 is 11.4 Å². The Balaban J connectivity index is 2.16. The first-order valence-electron chi connectivity index (χ1n) is 7.75. The normalized spacial score (nSPS) is 10.9. The van der Waals surface area contributed by atoms with Crippen LogP contribution in [-0.4, -0.2) is 27.4 Å². The number of para-hydroxylation sites is 1. The Morgan fingerprint density at radius 3 is 2.82 bits per heavy atom. The van der Waals surface area contributed by atoms with Gasteiger partial charge in [0.2, 0.25) is 5.75 Å². The van der Waals surface area contributed by atoms with Crippen molar-refractivity contribution < 1.29 is 9.66 Å². The lowest BCUT2D eigenvalue weighted by molar-refractivity contribution is -0.385. The fourth-order valence-corrected chi connectivity index (χ4v) is 2.70. The van der Waals surface area contributed by atoms with Gasteiger partial charge in [0.15, 0.2) is 0 Å². The number of nitro benzene ring substituents is 1. The van der Waals surface area contributed by atoms with Gasteiger partial charge in [-0.05, 0) is 18.2 Å². The van der Waals surface area contributed by atoms with Gasteiger partial charge in [-0.2, -0.15) is 5.10 Å². The van der Waals surface area contributed by atoms with E-state index < -0.39 is 21.9 Å². The third-order valence-electron chi connectivity index (χ3n) is 3.66. The summed E-state index contributed by atoms with van der Waals surface area (Å²) in [5.41, 5.74) is -1.42. The van der Waals surface area contributed by atoms with E-state index in [1.807, 2.05) is 0 Å². The van der Waals surface area contributed by atoms with E-state index in [2.05, 4.69) is 16.0 Å². The third-order valence-corrected chi connectivity index (χ3v) is 3.87. The number of aromatic amines is 1. The van der Waals surface area contributed by atoms with Crippen molar-refractivity contribution in [3.8, 4) is 18.1 Å². The van der Waals surface area contributed by atoms with E-state index in [0.29, 0.717) is 10.2 Å². The molecule has 3 rings (SSSR count). The van der Waals surface area contributed by atoms with Crippen molar-refractivity contribution in [1.29, 1.82) is 0 Å². The van der Waals surface area contributed by atoms with E-state index >= 15 is 0 Å². The van der Waals surface area contributed by atoms with E-state index in [0.717, 1.165) is 12.3 Å². The quantitative estimate of drug-likeness (QED) is 0.305. The van der Waals surface area contributed by atoms with Crippen LogP contribution in [0.4, 0.5) is 5.69 Å². The fourth-order valence-electron chi connectivity index (χ4n) is 2.48. The number of hydrogen-bond acceptors (Lipinski definition) is 6. The zero-order valence-corrected chi connectivity index (χ0v) is 14.8. The molecule has 9 nitrogen and oxygen atoms in total. The van der Waals surface area contributed by atoms with Gasteiger partial charge in [0.05, 0.1) is 22.0 Å². The summed E-state index contributed by atoms with van der Waals surface area (Å²) in [7, 11) is 0. The summed E-state index contributed by atoms with van der Waals surface area (Å²) in [6, 6.07) is 8.86. The molecule has 0 aliphatic heterocycles. The predicted molar refractivity (Wildman–Crippen MR) is 104 cm³/mol. The Morgan fingerprint density at radius 1 is 1.36 bits per heavy atom. The molecule has 1 N–H and O–H groups in total. The smallest absolute Gasteiger partial charge is 0.349 e. The maximum atomic E-state index is 12.5. The van der Waals surface area contributed by atoms with Crippen LogP contribution in [0.25, 0.3) is 10.9 Å². The highest BCUT2D eigenvalue weighted by molar-refractivity contribution is 6.31. The Kier molecular flexibility index (Phi) is 5.24. The first-order valence-corrected chi connectivity index (χ1v) is 8.13. The molecule has 0 saturated carbocycles. The molecule has 3 aromatic rings. The number of hydrogen-bond donors (Lipinski definition) is 1. The number of rotatable bonds is 5. The van der Waals surface area contributed by atoms with Crippen molar-refractivity contribution in [1.82, 2.24) is 9.66 Å². The van der Waals surface area contributed by atoms with Crippen LogP contribution in [0.5, 0.6) is 5.75 Å². The van der Waals surface area contributed by atoms with E-state index in [1.54, 1.807) is 18.2 Å². The molecule has 0 aliphatic rings. The predicted octanol–water partition coefficient (Wildman–Crippen LogP) is 2.15. The average molecular weight is 399 g/mol. The summed E-state index contributed by atoms with van der Waals surface area (Å²) in [5.74, 6) is 2.02. The van der Waals surface area contributed by atoms with Crippen LogP contribution in [0.2, 0.25) is 5.02 Å². The summed E-state index contributed by atoms with van der Waals surface area (Å²) in [6.45, 7) is -0.236. The molecule has 1 heterocycles. The second-order valence-corrected chi connectivity index (χ2v) is 5.87. The van der Waals surface area contributed by atoms with Gasteiger partial charge in [-0.15, -0.1) is 11.1 Å². The summed E-state index contributed by atoms with van der Waals surface area (Å²) < 4.78 is 5.85. The maximum absolute atomic E-state index is 12.5. The van der Waals surface area contributed by atoms with Gasteiger partial charge in [-0.1, -0.05) is 29.7 Å². The van der Waals surface area contributed by atoms with Crippen molar-refractivity contribution in [2.45, 2.75) is 0 Å². The number of nitro groups is 1. The molecule has 0 unspecified atom stereocenters. The largest absolute Gasteiger partial charge is 0.473 e. The molecule has 0 amide bonds. The molecule has 1 aromatic heterocycles. The first-order chi connectivity index (χ1) is 13.4. The van der Waals surface area contributed by atoms with E-state index in [4.69, 9.17) is 22.8 Å². The molecule has 0 aliphatic carbocycles. The van der Waals surface area contributed by atoms with E-state index in [-0.39, 0.29) is 28.3 Å². The number of fused-ring (bicyclic) bond motifs is 1. The average Bonchev–Trinajstić information content (AvgIpc) is 2.66. The molecular weight excluding hydrogens is 388 g/mol. The van der Waals surface area contributed by atoms with Gasteiger partial charge in [0, 0.05) is 16.7 Å². The third kappa shape index (κ3) is 3.62. The number of aromatic nitrogens is 2. The van der Waals surface area contributed by atoms with Gasteiger partial charge < -0.3 is 9.72 Å². The fraction of sp³-hybridized carbons (Fsp3) is 0.0556. The van der Waals surface area contributed by atoms with Crippen molar-refractivity contribution in [2.24, 2.45) is 5.10 Å². The van der Waals surface area contributed by atoms with Crippen LogP contribution >= 0.6 is 11.6 Å². The van der Waals surface area contributed by atoms with E-state index in [9.17, 15) is 19.7 Å². The summed E-state index contributed by atoms with van der Waals surface area (Å²) in [5, 5.41) is 15.4. The summed E-state index contributed by atoms with van der Waals surface area (Å²) in [6.07, 6.45) is 6.21. The number of terminal acetylenes is 1. The van der Waals surface area contributed by atoms with Gasteiger partial charge in [0.1, 0.15) is 6.61 Å². The minimum absolute atomic E-state index is 0.0426. The number of benzene rings is 2. The minimum Gasteiger partial charge on any atom is -0.473 e. The second-order valence-electron chi connectivity index (χ2n) is 5.43.